The molecule has 0 aliphatic carbocycles. The molecule has 142 valence electrons. The number of hydrogen-bond acceptors (Lipinski definition) is 6. The van der Waals surface area contributed by atoms with Crippen molar-refractivity contribution in [3.05, 3.63) is 72.8 Å². The molecule has 0 aliphatic rings. The number of aliphatic carboxylic acids is 2. The van der Waals surface area contributed by atoms with Gasteiger partial charge in [-0.05, 0) is 47.5 Å². The van der Waals surface area contributed by atoms with Crippen LogP contribution in [-0.2, 0) is 19.2 Å². The number of carboxylic acid groups (broad SMARTS) is 2. The van der Waals surface area contributed by atoms with E-state index in [1.807, 2.05) is 0 Å². The quantitative estimate of drug-likeness (QED) is 0.642. The standard InChI is InChI=1S/C20H16N2O6/c23-17(9-11-19(25)26)21-15-5-1-13(2-6-15)14-3-7-16(8-4-14)22-18(24)10-12-20(27)28/h1-12H,(H,21,23)(H,22,24)(H,25,26)(H,27,28)/p-2. The first kappa shape index (κ1) is 20.1. The first-order valence-electron chi connectivity index (χ1n) is 7.94. The van der Waals surface area contributed by atoms with E-state index >= 15 is 0 Å². The first-order valence-corrected chi connectivity index (χ1v) is 7.94. The van der Waals surface area contributed by atoms with Gasteiger partial charge < -0.3 is 30.4 Å². The first-order chi connectivity index (χ1) is 13.3. The number of anilines is 2. The van der Waals surface area contributed by atoms with Crippen LogP contribution in [0.4, 0.5) is 11.4 Å². The summed E-state index contributed by atoms with van der Waals surface area (Å²) in [6.45, 7) is 0. The molecule has 0 saturated carbocycles. The Kier molecular flexibility index (Phi) is 6.81. The lowest BCUT2D eigenvalue weighted by Gasteiger charge is -2.07. The summed E-state index contributed by atoms with van der Waals surface area (Å²) in [5.74, 6) is -4.10. The van der Waals surface area contributed by atoms with E-state index in [0.29, 0.717) is 23.5 Å². The molecule has 2 aromatic carbocycles. The fourth-order valence-electron chi connectivity index (χ4n) is 2.15. The smallest absolute Gasteiger partial charge is 0.248 e. The molecule has 0 heterocycles. The predicted molar refractivity (Wildman–Crippen MR) is 97.4 cm³/mol. The number of benzene rings is 2. The van der Waals surface area contributed by atoms with Gasteiger partial charge in [-0.15, -0.1) is 0 Å². The third-order valence-electron chi connectivity index (χ3n) is 3.38. The van der Waals surface area contributed by atoms with E-state index in [2.05, 4.69) is 10.6 Å². The molecule has 2 aromatic rings. The van der Waals surface area contributed by atoms with Crippen molar-refractivity contribution in [1.82, 2.24) is 0 Å². The van der Waals surface area contributed by atoms with Crippen molar-refractivity contribution in [1.29, 1.82) is 0 Å². The fraction of sp³-hybridized carbons (Fsp3) is 0. The van der Waals surface area contributed by atoms with Crippen LogP contribution in [0.2, 0.25) is 0 Å². The second-order valence-electron chi connectivity index (χ2n) is 5.44. The highest BCUT2D eigenvalue weighted by Crippen LogP contribution is 2.23. The van der Waals surface area contributed by atoms with E-state index in [1.165, 1.54) is 0 Å². The van der Waals surface area contributed by atoms with Gasteiger partial charge in [-0.25, -0.2) is 0 Å². The lowest BCUT2D eigenvalue weighted by molar-refractivity contribution is -0.298. The topological polar surface area (TPSA) is 138 Å². The fourth-order valence-corrected chi connectivity index (χ4v) is 2.15. The average molecular weight is 378 g/mol. The Morgan fingerprint density at radius 2 is 0.893 bits per heavy atom. The SMILES string of the molecule is O=C([O-])C=CC(=O)Nc1ccc(-c2ccc(NC(=O)C=CC(=O)[O-])cc2)cc1. The van der Waals surface area contributed by atoms with E-state index in [-0.39, 0.29) is 0 Å². The van der Waals surface area contributed by atoms with Crippen LogP contribution in [0.1, 0.15) is 0 Å². The predicted octanol–water partition coefficient (Wildman–Crippen LogP) is -0.157. The Balaban J connectivity index is 2.00. The normalized spacial score (nSPS) is 10.7. The molecule has 2 N–H and O–H groups in total. The van der Waals surface area contributed by atoms with Crippen molar-refractivity contribution < 1.29 is 29.4 Å². The van der Waals surface area contributed by atoms with E-state index in [4.69, 9.17) is 0 Å². The lowest BCUT2D eigenvalue weighted by atomic mass is 10.0. The maximum Gasteiger partial charge on any atom is 0.248 e. The van der Waals surface area contributed by atoms with Gasteiger partial charge in [-0.3, -0.25) is 9.59 Å². The van der Waals surface area contributed by atoms with Gasteiger partial charge in [-0.1, -0.05) is 24.3 Å². The van der Waals surface area contributed by atoms with Crippen LogP contribution in [0.5, 0.6) is 0 Å². The zero-order chi connectivity index (χ0) is 20.5. The number of carboxylic acids is 2. The molecule has 0 fully saturated rings. The van der Waals surface area contributed by atoms with Gasteiger partial charge in [0.1, 0.15) is 0 Å². The van der Waals surface area contributed by atoms with Gasteiger partial charge >= 0.3 is 0 Å². The van der Waals surface area contributed by atoms with Crippen LogP contribution in [0.15, 0.2) is 72.8 Å². The Labute approximate surface area is 159 Å². The summed E-state index contributed by atoms with van der Waals surface area (Å²) in [6, 6.07) is 13.6. The van der Waals surface area contributed by atoms with E-state index in [9.17, 15) is 29.4 Å². The number of carbonyl (C=O) groups excluding carboxylic acids is 4. The highest BCUT2D eigenvalue weighted by Gasteiger charge is 2.02. The zero-order valence-corrected chi connectivity index (χ0v) is 14.4. The zero-order valence-electron chi connectivity index (χ0n) is 14.4. The highest BCUT2D eigenvalue weighted by atomic mass is 16.4. The number of amides is 2. The minimum absolute atomic E-state index is 0.486. The Morgan fingerprint density at radius 1 is 0.571 bits per heavy atom. The van der Waals surface area contributed by atoms with Crippen LogP contribution in [0, 0.1) is 0 Å². The van der Waals surface area contributed by atoms with Crippen LogP contribution >= 0.6 is 0 Å². The van der Waals surface area contributed by atoms with Crippen LogP contribution < -0.4 is 20.8 Å². The van der Waals surface area contributed by atoms with E-state index < -0.39 is 23.8 Å². The van der Waals surface area contributed by atoms with Crippen LogP contribution in [0.25, 0.3) is 11.1 Å². The second kappa shape index (κ2) is 9.48. The summed E-state index contributed by atoms with van der Waals surface area (Å²) in [6.07, 6.45) is 2.99. The summed E-state index contributed by atoms with van der Waals surface area (Å²) in [7, 11) is 0. The lowest BCUT2D eigenvalue weighted by Crippen LogP contribution is -2.20. The van der Waals surface area contributed by atoms with Crippen molar-refractivity contribution in [3.63, 3.8) is 0 Å². The third kappa shape index (κ3) is 6.60. The maximum absolute atomic E-state index is 11.5. The molecule has 0 aliphatic heterocycles. The minimum Gasteiger partial charge on any atom is -0.545 e. The maximum atomic E-state index is 11.5. The van der Waals surface area contributed by atoms with Crippen molar-refractivity contribution in [2.24, 2.45) is 0 Å². The van der Waals surface area contributed by atoms with E-state index in [0.717, 1.165) is 23.3 Å². The summed E-state index contributed by atoms with van der Waals surface area (Å²) in [5.41, 5.74) is 2.66. The molecule has 0 unspecified atom stereocenters. The van der Waals surface area contributed by atoms with Gasteiger partial charge in [-0.2, -0.15) is 0 Å². The highest BCUT2D eigenvalue weighted by molar-refractivity contribution is 6.02. The van der Waals surface area contributed by atoms with Gasteiger partial charge in [0, 0.05) is 23.5 Å². The largest absolute Gasteiger partial charge is 0.545 e. The summed E-state index contributed by atoms with van der Waals surface area (Å²) in [4.78, 5) is 43.6. The second-order valence-corrected chi connectivity index (χ2v) is 5.44. The summed E-state index contributed by atoms with van der Waals surface area (Å²) < 4.78 is 0. The number of rotatable bonds is 7. The van der Waals surface area contributed by atoms with Crippen LogP contribution in [-0.4, -0.2) is 23.8 Å². The Hall–Kier alpha value is -4.20. The van der Waals surface area contributed by atoms with Gasteiger partial charge in [0.15, 0.2) is 0 Å². The number of hydrogen-bond donors (Lipinski definition) is 2. The number of carbonyl (C=O) groups is 4. The molecule has 0 bridgehead atoms. The van der Waals surface area contributed by atoms with Gasteiger partial charge in [0.25, 0.3) is 0 Å². The van der Waals surface area contributed by atoms with Gasteiger partial charge in [0.2, 0.25) is 11.8 Å². The molecule has 0 atom stereocenters. The monoisotopic (exact) mass is 378 g/mol. The van der Waals surface area contributed by atoms with Crippen LogP contribution in [0.3, 0.4) is 0 Å². The molecule has 2 amide bonds. The minimum atomic E-state index is -1.46. The average Bonchev–Trinajstić information content (AvgIpc) is 2.66. The summed E-state index contributed by atoms with van der Waals surface area (Å²) >= 11 is 0. The molecule has 0 saturated heterocycles. The molecular weight excluding hydrogens is 364 g/mol. The Morgan fingerprint density at radius 3 is 1.18 bits per heavy atom. The molecule has 2 rings (SSSR count). The Bertz CT molecular complexity index is 864. The molecule has 28 heavy (non-hydrogen) atoms. The summed E-state index contributed by atoms with van der Waals surface area (Å²) in [5, 5.41) is 25.6. The van der Waals surface area contributed by atoms with Crippen molar-refractivity contribution in [3.8, 4) is 11.1 Å². The molecule has 0 radical (unpaired) electrons. The number of nitrogens with one attached hydrogen (secondary N) is 2. The van der Waals surface area contributed by atoms with Crippen molar-refractivity contribution in [2.45, 2.75) is 0 Å². The van der Waals surface area contributed by atoms with Crippen molar-refractivity contribution in [2.75, 3.05) is 10.6 Å². The third-order valence-corrected chi connectivity index (χ3v) is 3.38. The molecule has 8 nitrogen and oxygen atoms in total. The van der Waals surface area contributed by atoms with Crippen molar-refractivity contribution >= 4 is 35.1 Å². The van der Waals surface area contributed by atoms with Gasteiger partial charge in [0.05, 0.1) is 11.9 Å². The molecule has 8 heteroatoms. The van der Waals surface area contributed by atoms with E-state index in [1.54, 1.807) is 48.5 Å². The molecule has 0 aromatic heterocycles. The molecule has 0 spiro atoms. The molecular formula is C20H14N2O6-2.